The SMILES string of the molecule is O=C=NC1(N=C=O)CCCCC12CCCCCC2. The maximum Gasteiger partial charge on any atom is 0.237 e. The highest BCUT2D eigenvalue weighted by Crippen LogP contribution is 2.54. The Morgan fingerprint density at radius 1 is 0.667 bits per heavy atom. The lowest BCUT2D eigenvalue weighted by atomic mass is 9.62. The molecular weight excluding hydrogens is 228 g/mol. The smallest absolute Gasteiger partial charge is 0.211 e. The van der Waals surface area contributed by atoms with Gasteiger partial charge in [0.15, 0.2) is 5.66 Å². The van der Waals surface area contributed by atoms with Crippen molar-refractivity contribution in [3.05, 3.63) is 0 Å². The summed E-state index contributed by atoms with van der Waals surface area (Å²) in [5.74, 6) is 0. The van der Waals surface area contributed by atoms with Crippen LogP contribution in [0, 0.1) is 5.41 Å². The Labute approximate surface area is 108 Å². The molecule has 0 aromatic carbocycles. The Morgan fingerprint density at radius 3 is 1.61 bits per heavy atom. The van der Waals surface area contributed by atoms with Crippen LogP contribution in [-0.4, -0.2) is 17.8 Å². The standard InChI is InChI=1S/C14H20N2O2/c17-11-15-14(16-12-18)10-6-5-9-13(14)7-3-1-2-4-8-13/h1-10H2. The summed E-state index contributed by atoms with van der Waals surface area (Å²) in [7, 11) is 0. The lowest BCUT2D eigenvalue weighted by Gasteiger charge is -2.47. The van der Waals surface area contributed by atoms with Gasteiger partial charge in [-0.05, 0) is 32.1 Å². The minimum absolute atomic E-state index is 0.101. The number of aliphatic imine (C=N–C) groups is 2. The fraction of sp³-hybridized carbons (Fsp3) is 0.857. The zero-order valence-electron chi connectivity index (χ0n) is 10.8. The van der Waals surface area contributed by atoms with E-state index in [0.29, 0.717) is 6.42 Å². The van der Waals surface area contributed by atoms with Crippen molar-refractivity contribution in [2.75, 3.05) is 0 Å². The summed E-state index contributed by atoms with van der Waals surface area (Å²) in [6, 6.07) is 0. The monoisotopic (exact) mass is 248 g/mol. The molecule has 2 fully saturated rings. The highest BCUT2D eigenvalue weighted by Gasteiger charge is 2.53. The van der Waals surface area contributed by atoms with Crippen molar-refractivity contribution < 1.29 is 9.59 Å². The molecule has 2 aliphatic rings. The largest absolute Gasteiger partial charge is 0.237 e. The molecule has 4 heteroatoms. The van der Waals surface area contributed by atoms with Gasteiger partial charge in [-0.25, -0.2) is 9.59 Å². The number of hydrogen-bond donors (Lipinski definition) is 0. The average Bonchev–Trinajstić information content (AvgIpc) is 2.61. The number of hydrogen-bond acceptors (Lipinski definition) is 4. The quantitative estimate of drug-likeness (QED) is 0.556. The molecule has 0 saturated heterocycles. The van der Waals surface area contributed by atoms with Gasteiger partial charge in [-0.3, -0.25) is 0 Å². The third-order valence-electron chi connectivity index (χ3n) is 4.80. The number of rotatable bonds is 2. The summed E-state index contributed by atoms with van der Waals surface area (Å²) >= 11 is 0. The van der Waals surface area contributed by atoms with E-state index in [9.17, 15) is 9.59 Å². The van der Waals surface area contributed by atoms with Crippen LogP contribution < -0.4 is 0 Å². The molecule has 98 valence electrons. The summed E-state index contributed by atoms with van der Waals surface area (Å²) in [6.07, 6.45) is 13.9. The first kappa shape index (κ1) is 13.2. The molecule has 4 nitrogen and oxygen atoms in total. The molecule has 2 saturated carbocycles. The second kappa shape index (κ2) is 5.60. The van der Waals surface area contributed by atoms with Crippen molar-refractivity contribution in [1.82, 2.24) is 0 Å². The van der Waals surface area contributed by atoms with Crippen LogP contribution in [0.5, 0.6) is 0 Å². The van der Waals surface area contributed by atoms with E-state index >= 15 is 0 Å². The lowest BCUT2D eigenvalue weighted by Crippen LogP contribution is -2.47. The summed E-state index contributed by atoms with van der Waals surface area (Å²) in [4.78, 5) is 29.5. The first-order valence-corrected chi connectivity index (χ1v) is 6.97. The van der Waals surface area contributed by atoms with Gasteiger partial charge in [0.25, 0.3) is 0 Å². The van der Waals surface area contributed by atoms with E-state index < -0.39 is 5.66 Å². The van der Waals surface area contributed by atoms with Gasteiger partial charge in [0, 0.05) is 5.41 Å². The Morgan fingerprint density at radius 2 is 1.11 bits per heavy atom. The van der Waals surface area contributed by atoms with Crippen LogP contribution in [0.2, 0.25) is 0 Å². The van der Waals surface area contributed by atoms with E-state index in [1.54, 1.807) is 12.2 Å². The van der Waals surface area contributed by atoms with Crippen molar-refractivity contribution in [2.45, 2.75) is 69.9 Å². The maximum atomic E-state index is 10.8. The van der Waals surface area contributed by atoms with Gasteiger partial charge in [-0.15, -0.1) is 0 Å². The minimum atomic E-state index is -0.862. The molecule has 18 heavy (non-hydrogen) atoms. The second-order valence-corrected chi connectivity index (χ2v) is 5.62. The average molecular weight is 248 g/mol. The van der Waals surface area contributed by atoms with E-state index in [-0.39, 0.29) is 5.41 Å². The van der Waals surface area contributed by atoms with Crippen LogP contribution in [-0.2, 0) is 9.59 Å². The molecule has 0 N–H and O–H groups in total. The molecule has 0 heterocycles. The zero-order chi connectivity index (χ0) is 12.9. The Balaban J connectivity index is 2.43. The number of isocyanates is 2. The molecule has 0 unspecified atom stereocenters. The fourth-order valence-electron chi connectivity index (χ4n) is 3.88. The number of carbonyl (C=O) groups excluding carboxylic acids is 2. The summed E-state index contributed by atoms with van der Waals surface area (Å²) in [5, 5.41) is 0. The minimum Gasteiger partial charge on any atom is -0.211 e. The molecule has 0 amide bonds. The van der Waals surface area contributed by atoms with Gasteiger partial charge in [-0.1, -0.05) is 32.1 Å². The van der Waals surface area contributed by atoms with Crippen molar-refractivity contribution in [2.24, 2.45) is 15.4 Å². The van der Waals surface area contributed by atoms with Crippen LogP contribution in [0.1, 0.15) is 64.2 Å². The molecule has 2 rings (SSSR count). The van der Waals surface area contributed by atoms with Gasteiger partial charge in [0.2, 0.25) is 12.2 Å². The van der Waals surface area contributed by atoms with E-state index in [0.717, 1.165) is 44.9 Å². The third-order valence-corrected chi connectivity index (χ3v) is 4.80. The van der Waals surface area contributed by atoms with Crippen LogP contribution in [0.3, 0.4) is 0 Å². The summed E-state index contributed by atoms with van der Waals surface area (Å²) < 4.78 is 0. The van der Waals surface area contributed by atoms with Crippen LogP contribution in [0.15, 0.2) is 9.98 Å². The molecule has 0 aliphatic heterocycles. The van der Waals surface area contributed by atoms with E-state index in [2.05, 4.69) is 9.98 Å². The fourth-order valence-corrected chi connectivity index (χ4v) is 3.88. The first-order valence-electron chi connectivity index (χ1n) is 6.97. The molecule has 0 atom stereocenters. The third kappa shape index (κ3) is 2.19. The van der Waals surface area contributed by atoms with Crippen LogP contribution in [0.4, 0.5) is 0 Å². The molecule has 0 aromatic rings. The first-order chi connectivity index (χ1) is 8.79. The Bertz CT molecular complexity index is 367. The van der Waals surface area contributed by atoms with Crippen LogP contribution in [0.25, 0.3) is 0 Å². The van der Waals surface area contributed by atoms with Gasteiger partial charge in [0.1, 0.15) is 0 Å². The van der Waals surface area contributed by atoms with Crippen molar-refractivity contribution in [3.63, 3.8) is 0 Å². The van der Waals surface area contributed by atoms with Crippen molar-refractivity contribution in [3.8, 4) is 0 Å². The maximum absolute atomic E-state index is 10.8. The van der Waals surface area contributed by atoms with E-state index in [1.165, 1.54) is 12.8 Å². The van der Waals surface area contributed by atoms with Gasteiger partial charge in [0.05, 0.1) is 0 Å². The molecule has 0 aromatic heterocycles. The molecule has 0 radical (unpaired) electrons. The summed E-state index contributed by atoms with van der Waals surface area (Å²) in [5.41, 5.74) is -0.963. The van der Waals surface area contributed by atoms with Crippen molar-refractivity contribution in [1.29, 1.82) is 0 Å². The zero-order valence-corrected chi connectivity index (χ0v) is 10.8. The second-order valence-electron chi connectivity index (χ2n) is 5.62. The molecule has 0 bridgehead atoms. The molecular formula is C14H20N2O2. The Hall–Kier alpha value is -1.24. The normalized spacial score (nSPS) is 30.9. The Kier molecular flexibility index (Phi) is 4.11. The van der Waals surface area contributed by atoms with Gasteiger partial charge in [-0.2, -0.15) is 9.98 Å². The van der Waals surface area contributed by atoms with E-state index in [1.807, 2.05) is 0 Å². The van der Waals surface area contributed by atoms with Crippen molar-refractivity contribution >= 4 is 12.2 Å². The van der Waals surface area contributed by atoms with Crippen LogP contribution >= 0.6 is 0 Å². The van der Waals surface area contributed by atoms with Gasteiger partial charge >= 0.3 is 0 Å². The molecule has 2 aliphatic carbocycles. The predicted octanol–water partition coefficient (Wildman–Crippen LogP) is 3.27. The summed E-state index contributed by atoms with van der Waals surface area (Å²) in [6.45, 7) is 0. The number of nitrogens with zero attached hydrogens (tertiary/aromatic N) is 2. The van der Waals surface area contributed by atoms with Gasteiger partial charge < -0.3 is 0 Å². The predicted molar refractivity (Wildman–Crippen MR) is 67.6 cm³/mol. The highest BCUT2D eigenvalue weighted by molar-refractivity contribution is 5.40. The highest BCUT2D eigenvalue weighted by atomic mass is 16.1. The van der Waals surface area contributed by atoms with E-state index in [4.69, 9.17) is 0 Å². The molecule has 1 spiro atoms. The topological polar surface area (TPSA) is 58.9 Å². The lowest BCUT2D eigenvalue weighted by molar-refractivity contribution is 0.0514.